The highest BCUT2D eigenvalue weighted by Crippen LogP contribution is 2.17. The van der Waals surface area contributed by atoms with E-state index in [1.165, 1.54) is 0 Å². The van der Waals surface area contributed by atoms with E-state index in [1.807, 2.05) is 27.0 Å². The molecule has 0 saturated heterocycles. The summed E-state index contributed by atoms with van der Waals surface area (Å²) in [6.45, 7) is 6.44. The molecule has 0 aliphatic rings. The van der Waals surface area contributed by atoms with E-state index in [0.29, 0.717) is 25.8 Å². The number of thiazole rings is 1. The van der Waals surface area contributed by atoms with Crippen LogP contribution in [0.4, 0.5) is 0 Å². The lowest BCUT2D eigenvalue weighted by molar-refractivity contribution is -0.121. The van der Waals surface area contributed by atoms with Crippen molar-refractivity contribution >= 4 is 22.2 Å². The van der Waals surface area contributed by atoms with Gasteiger partial charge in [0.15, 0.2) is 4.96 Å². The molecule has 0 radical (unpaired) electrons. The Morgan fingerprint density at radius 3 is 3.00 bits per heavy atom. The average Bonchev–Trinajstić information content (AvgIpc) is 2.95. The van der Waals surface area contributed by atoms with Gasteiger partial charge in [-0.3, -0.25) is 9.20 Å². The largest absolute Gasteiger partial charge is 0.393 e. The topological polar surface area (TPSA) is 66.6 Å². The molecule has 6 heteroatoms. The monoisotopic (exact) mass is 309 g/mol. The van der Waals surface area contributed by atoms with Gasteiger partial charge >= 0.3 is 0 Å². The molecule has 1 atom stereocenters. The summed E-state index contributed by atoms with van der Waals surface area (Å²) in [5.41, 5.74) is 2.11. The number of aliphatic hydroxyl groups is 1. The third kappa shape index (κ3) is 4.28. The minimum absolute atomic E-state index is 0.0298. The first-order valence-electron chi connectivity index (χ1n) is 7.34. The van der Waals surface area contributed by atoms with Crippen LogP contribution in [0, 0.1) is 12.8 Å². The molecule has 0 aromatic carbocycles. The number of aromatic nitrogens is 2. The van der Waals surface area contributed by atoms with Crippen molar-refractivity contribution in [2.24, 2.45) is 5.92 Å². The summed E-state index contributed by atoms with van der Waals surface area (Å²) in [4.78, 5) is 17.2. The Hall–Kier alpha value is -1.40. The standard InChI is InChI=1S/C15H23N3O2S/c1-10(2)13(19)6-7-16-14(20)5-4-12-9-21-15-17-11(3)8-18(12)15/h8-10,13,19H,4-7H2,1-3H3,(H,16,20). The maximum atomic E-state index is 11.8. The Morgan fingerprint density at radius 1 is 1.52 bits per heavy atom. The highest BCUT2D eigenvalue weighted by Gasteiger charge is 2.11. The predicted molar refractivity (Wildman–Crippen MR) is 84.6 cm³/mol. The molecule has 1 amide bonds. The fraction of sp³-hybridized carbons (Fsp3) is 0.600. The molecule has 0 saturated carbocycles. The molecule has 0 aliphatic heterocycles. The molecule has 0 aliphatic carbocycles. The molecule has 21 heavy (non-hydrogen) atoms. The van der Waals surface area contributed by atoms with Crippen LogP contribution in [0.3, 0.4) is 0 Å². The van der Waals surface area contributed by atoms with Crippen LogP contribution in [-0.4, -0.2) is 33.0 Å². The van der Waals surface area contributed by atoms with Crippen molar-refractivity contribution < 1.29 is 9.90 Å². The van der Waals surface area contributed by atoms with Crippen molar-refractivity contribution in [1.29, 1.82) is 0 Å². The molecule has 2 heterocycles. The summed E-state index contributed by atoms with van der Waals surface area (Å²) in [7, 11) is 0. The lowest BCUT2D eigenvalue weighted by Gasteiger charge is -2.14. The number of imidazole rings is 1. The molecule has 116 valence electrons. The highest BCUT2D eigenvalue weighted by atomic mass is 32.1. The second kappa shape index (κ2) is 7.04. The normalized spacial score (nSPS) is 13.0. The maximum Gasteiger partial charge on any atom is 0.220 e. The quantitative estimate of drug-likeness (QED) is 0.823. The van der Waals surface area contributed by atoms with Crippen molar-refractivity contribution in [3.8, 4) is 0 Å². The lowest BCUT2D eigenvalue weighted by atomic mass is 10.0. The minimum atomic E-state index is -0.351. The Balaban J connectivity index is 1.76. The smallest absolute Gasteiger partial charge is 0.220 e. The Morgan fingerprint density at radius 2 is 2.29 bits per heavy atom. The van der Waals surface area contributed by atoms with Crippen LogP contribution in [0.15, 0.2) is 11.6 Å². The van der Waals surface area contributed by atoms with E-state index >= 15 is 0 Å². The third-order valence-electron chi connectivity index (χ3n) is 3.54. The van der Waals surface area contributed by atoms with E-state index in [2.05, 4.69) is 20.1 Å². The number of fused-ring (bicyclic) bond motifs is 1. The van der Waals surface area contributed by atoms with Gasteiger partial charge in [0, 0.05) is 30.2 Å². The van der Waals surface area contributed by atoms with Gasteiger partial charge in [0.25, 0.3) is 0 Å². The fourth-order valence-corrected chi connectivity index (χ4v) is 3.10. The van der Waals surface area contributed by atoms with Crippen molar-refractivity contribution in [3.63, 3.8) is 0 Å². The Bertz CT molecular complexity index is 603. The lowest BCUT2D eigenvalue weighted by Crippen LogP contribution is -2.28. The predicted octanol–water partition coefficient (Wildman–Crippen LogP) is 2.16. The van der Waals surface area contributed by atoms with Gasteiger partial charge in [-0.2, -0.15) is 0 Å². The van der Waals surface area contributed by atoms with E-state index in [1.54, 1.807) is 11.3 Å². The van der Waals surface area contributed by atoms with Crippen LogP contribution in [0.2, 0.25) is 0 Å². The summed E-state index contributed by atoms with van der Waals surface area (Å²) in [6, 6.07) is 0. The van der Waals surface area contributed by atoms with Crippen LogP contribution in [0.25, 0.3) is 4.96 Å². The van der Waals surface area contributed by atoms with Gasteiger partial charge < -0.3 is 10.4 Å². The number of carbonyl (C=O) groups is 1. The van der Waals surface area contributed by atoms with E-state index in [-0.39, 0.29) is 17.9 Å². The molecule has 1 unspecified atom stereocenters. The van der Waals surface area contributed by atoms with Gasteiger partial charge in [-0.15, -0.1) is 11.3 Å². The van der Waals surface area contributed by atoms with Crippen molar-refractivity contribution in [2.75, 3.05) is 6.54 Å². The number of hydrogen-bond donors (Lipinski definition) is 2. The summed E-state index contributed by atoms with van der Waals surface area (Å²) in [6.07, 6.45) is 3.41. The summed E-state index contributed by atoms with van der Waals surface area (Å²) >= 11 is 1.60. The molecule has 2 aromatic heterocycles. The van der Waals surface area contributed by atoms with E-state index in [0.717, 1.165) is 16.3 Å². The van der Waals surface area contributed by atoms with Crippen LogP contribution in [-0.2, 0) is 11.2 Å². The zero-order valence-corrected chi connectivity index (χ0v) is 13.6. The molecule has 2 rings (SSSR count). The number of aliphatic hydroxyl groups excluding tert-OH is 1. The molecule has 2 N–H and O–H groups in total. The van der Waals surface area contributed by atoms with Gasteiger partial charge in [0.2, 0.25) is 5.91 Å². The number of carbonyl (C=O) groups excluding carboxylic acids is 1. The summed E-state index contributed by atoms with van der Waals surface area (Å²) in [5.74, 6) is 0.257. The molecule has 2 aromatic rings. The first-order valence-corrected chi connectivity index (χ1v) is 8.22. The van der Waals surface area contributed by atoms with E-state index in [4.69, 9.17) is 0 Å². The van der Waals surface area contributed by atoms with Gasteiger partial charge in [0.05, 0.1) is 11.8 Å². The number of rotatable bonds is 7. The van der Waals surface area contributed by atoms with E-state index < -0.39 is 0 Å². The number of aryl methyl sites for hydroxylation is 2. The van der Waals surface area contributed by atoms with E-state index in [9.17, 15) is 9.90 Å². The number of nitrogens with one attached hydrogen (secondary N) is 1. The molecular formula is C15H23N3O2S. The Kier molecular flexibility index (Phi) is 5.36. The van der Waals surface area contributed by atoms with Crippen LogP contribution >= 0.6 is 11.3 Å². The molecule has 5 nitrogen and oxygen atoms in total. The molecular weight excluding hydrogens is 286 g/mol. The van der Waals surface area contributed by atoms with Gasteiger partial charge in [-0.25, -0.2) is 4.98 Å². The highest BCUT2D eigenvalue weighted by molar-refractivity contribution is 7.15. The summed E-state index contributed by atoms with van der Waals surface area (Å²) in [5, 5.41) is 14.6. The molecule has 0 bridgehead atoms. The van der Waals surface area contributed by atoms with Crippen LogP contribution in [0.1, 0.15) is 38.1 Å². The second-order valence-corrected chi connectivity index (χ2v) is 6.55. The third-order valence-corrected chi connectivity index (χ3v) is 4.43. The average molecular weight is 309 g/mol. The minimum Gasteiger partial charge on any atom is -0.393 e. The zero-order valence-electron chi connectivity index (χ0n) is 12.8. The van der Waals surface area contributed by atoms with Crippen molar-refractivity contribution in [1.82, 2.24) is 14.7 Å². The van der Waals surface area contributed by atoms with Crippen molar-refractivity contribution in [2.45, 2.75) is 46.1 Å². The summed E-state index contributed by atoms with van der Waals surface area (Å²) < 4.78 is 2.05. The Labute approximate surface area is 129 Å². The first-order chi connectivity index (χ1) is 9.97. The maximum absolute atomic E-state index is 11.8. The van der Waals surface area contributed by atoms with Gasteiger partial charge in [-0.05, 0) is 25.7 Å². The molecule has 0 fully saturated rings. The zero-order chi connectivity index (χ0) is 15.4. The van der Waals surface area contributed by atoms with Crippen LogP contribution in [0.5, 0.6) is 0 Å². The SMILES string of the molecule is Cc1cn2c(CCC(=O)NCCC(O)C(C)C)csc2n1. The number of hydrogen-bond acceptors (Lipinski definition) is 4. The van der Waals surface area contributed by atoms with Crippen LogP contribution < -0.4 is 5.32 Å². The number of amides is 1. The second-order valence-electron chi connectivity index (χ2n) is 5.71. The first kappa shape index (κ1) is 16.0. The fourth-order valence-electron chi connectivity index (χ4n) is 2.14. The number of nitrogens with zero attached hydrogens (tertiary/aromatic N) is 2. The van der Waals surface area contributed by atoms with Gasteiger partial charge in [0.1, 0.15) is 0 Å². The van der Waals surface area contributed by atoms with Crippen molar-refractivity contribution in [3.05, 3.63) is 23.0 Å². The van der Waals surface area contributed by atoms with Gasteiger partial charge in [-0.1, -0.05) is 13.8 Å². The molecule has 0 spiro atoms.